The van der Waals surface area contributed by atoms with Crippen molar-refractivity contribution in [2.75, 3.05) is 6.54 Å². The van der Waals surface area contributed by atoms with Gasteiger partial charge in [-0.25, -0.2) is 0 Å². The molecule has 1 rings (SSSR count). The van der Waals surface area contributed by atoms with Crippen LogP contribution in [0.25, 0.3) is 0 Å². The van der Waals surface area contributed by atoms with Gasteiger partial charge in [0.25, 0.3) is 5.60 Å². The van der Waals surface area contributed by atoms with Gasteiger partial charge in [0.2, 0.25) is 0 Å². The number of hydrogen-bond donors (Lipinski definition) is 1. The Balaban J connectivity index is 3.33. The third-order valence-corrected chi connectivity index (χ3v) is 3.79. The Kier molecular flexibility index (Phi) is 4.34. The topological polar surface area (TPSA) is 21.3 Å². The molecular weight excluding hydrogens is 292 g/mol. The number of nitrogens with one attached hydrogen (secondary N) is 1. The zero-order valence-corrected chi connectivity index (χ0v) is 11.9. The van der Waals surface area contributed by atoms with E-state index in [1.54, 1.807) is 0 Å². The van der Waals surface area contributed by atoms with E-state index in [4.69, 9.17) is 0 Å². The van der Waals surface area contributed by atoms with Crippen LogP contribution in [0.5, 0.6) is 0 Å². The van der Waals surface area contributed by atoms with Crippen LogP contribution in [0.3, 0.4) is 0 Å². The van der Waals surface area contributed by atoms with E-state index in [0.29, 0.717) is 0 Å². The van der Waals surface area contributed by atoms with Gasteiger partial charge in [0.05, 0.1) is 6.04 Å². The highest BCUT2D eigenvalue weighted by Gasteiger charge is 2.76. The maximum atomic E-state index is 13.2. The van der Waals surface area contributed by atoms with Gasteiger partial charge in [0, 0.05) is 0 Å². The highest BCUT2D eigenvalue weighted by molar-refractivity contribution is 6.69. The largest absolute Gasteiger partial charge is 0.426 e. The summed E-state index contributed by atoms with van der Waals surface area (Å²) in [5.41, 5.74) is -4.11. The van der Waals surface area contributed by atoms with E-state index in [1.165, 1.54) is 19.6 Å². The maximum absolute atomic E-state index is 13.2. The lowest BCUT2D eigenvalue weighted by Gasteiger charge is -2.45. The summed E-state index contributed by atoms with van der Waals surface area (Å²) in [6, 6.07) is -1.78. The fourth-order valence-electron chi connectivity index (χ4n) is 2.26. The Morgan fingerprint density at radius 2 is 1.47 bits per heavy atom. The molecule has 2 nitrogen and oxygen atoms in total. The zero-order valence-electron chi connectivity index (χ0n) is 10.9. The summed E-state index contributed by atoms with van der Waals surface area (Å²) >= 11 is 0. The van der Waals surface area contributed by atoms with Crippen molar-refractivity contribution in [2.24, 2.45) is 0 Å². The summed E-state index contributed by atoms with van der Waals surface area (Å²) in [7, 11) is -3.06. The van der Waals surface area contributed by atoms with Crippen LogP contribution in [0.4, 0.5) is 26.3 Å². The SMILES string of the molecule is C[Si](C)(C)OC(C1CCCN1)(C(F)(F)F)C(F)(F)F. The third-order valence-electron chi connectivity index (χ3n) is 2.86. The fourth-order valence-corrected chi connectivity index (χ4v) is 3.60. The predicted molar refractivity (Wildman–Crippen MR) is 60.3 cm³/mol. The van der Waals surface area contributed by atoms with Gasteiger partial charge >= 0.3 is 12.4 Å². The van der Waals surface area contributed by atoms with E-state index < -0.39 is 32.3 Å². The van der Waals surface area contributed by atoms with Crippen LogP contribution in [0, 0.1) is 0 Å². The molecule has 0 aromatic heterocycles. The summed E-state index contributed by atoms with van der Waals surface area (Å²) in [4.78, 5) is 0. The van der Waals surface area contributed by atoms with E-state index in [1.807, 2.05) is 0 Å². The summed E-state index contributed by atoms with van der Waals surface area (Å²) in [5, 5.41) is 2.29. The van der Waals surface area contributed by atoms with Gasteiger partial charge in [-0.05, 0) is 39.0 Å². The molecule has 9 heteroatoms. The number of alkyl halides is 6. The average Bonchev–Trinajstić information content (AvgIpc) is 2.60. The van der Waals surface area contributed by atoms with Crippen LogP contribution in [-0.2, 0) is 4.43 Å². The number of halogens is 6. The van der Waals surface area contributed by atoms with E-state index in [9.17, 15) is 26.3 Å². The minimum absolute atomic E-state index is 0.133. The molecule has 0 saturated carbocycles. The molecule has 1 fully saturated rings. The molecular formula is C10H17F6NOSi. The molecule has 0 aliphatic carbocycles. The summed E-state index contributed by atoms with van der Waals surface area (Å²) < 4.78 is 83.8. The van der Waals surface area contributed by atoms with Gasteiger partial charge in [-0.15, -0.1) is 0 Å². The van der Waals surface area contributed by atoms with E-state index >= 15 is 0 Å². The van der Waals surface area contributed by atoms with Crippen molar-refractivity contribution in [3.63, 3.8) is 0 Å². The number of rotatable bonds is 3. The molecule has 114 valence electrons. The first-order valence-corrected chi connectivity index (χ1v) is 9.29. The van der Waals surface area contributed by atoms with Crippen molar-refractivity contribution in [3.05, 3.63) is 0 Å². The molecule has 1 N–H and O–H groups in total. The monoisotopic (exact) mass is 309 g/mol. The molecule has 1 heterocycles. The zero-order chi connectivity index (χ0) is 15.1. The molecule has 1 saturated heterocycles. The minimum Gasteiger partial charge on any atom is -0.396 e. The lowest BCUT2D eigenvalue weighted by atomic mass is 9.91. The van der Waals surface area contributed by atoms with E-state index in [2.05, 4.69) is 9.74 Å². The van der Waals surface area contributed by atoms with Gasteiger partial charge in [0.1, 0.15) is 0 Å². The lowest BCUT2D eigenvalue weighted by Crippen LogP contribution is -2.70. The first-order valence-electron chi connectivity index (χ1n) is 5.88. The molecule has 1 aliphatic heterocycles. The molecule has 0 aromatic rings. The van der Waals surface area contributed by atoms with Crippen LogP contribution in [0.1, 0.15) is 12.8 Å². The Morgan fingerprint density at radius 3 is 1.74 bits per heavy atom. The Hall–Kier alpha value is -0.283. The Bertz CT molecular complexity index is 301. The Morgan fingerprint density at radius 1 is 1.00 bits per heavy atom. The molecule has 0 spiro atoms. The average molecular weight is 309 g/mol. The van der Waals surface area contributed by atoms with Crippen molar-refractivity contribution in [2.45, 2.75) is 56.5 Å². The quantitative estimate of drug-likeness (QED) is 0.637. The highest BCUT2D eigenvalue weighted by Crippen LogP contribution is 2.51. The molecule has 0 amide bonds. The fraction of sp³-hybridized carbons (Fsp3) is 1.00. The summed E-state index contributed by atoms with van der Waals surface area (Å²) in [5.74, 6) is 0. The number of hydrogen-bond acceptors (Lipinski definition) is 2. The molecule has 0 aromatic carbocycles. The highest BCUT2D eigenvalue weighted by atomic mass is 28.4. The Labute approximate surface area is 108 Å². The first kappa shape index (κ1) is 16.8. The van der Waals surface area contributed by atoms with Gasteiger partial charge < -0.3 is 9.74 Å². The van der Waals surface area contributed by atoms with E-state index in [0.717, 1.165) is 0 Å². The third kappa shape index (κ3) is 3.25. The van der Waals surface area contributed by atoms with Gasteiger partial charge in [0.15, 0.2) is 8.32 Å². The molecule has 19 heavy (non-hydrogen) atoms. The van der Waals surface area contributed by atoms with Crippen LogP contribution in [0.2, 0.25) is 19.6 Å². The van der Waals surface area contributed by atoms with E-state index in [-0.39, 0.29) is 19.4 Å². The van der Waals surface area contributed by atoms with Gasteiger partial charge in [-0.3, -0.25) is 0 Å². The second kappa shape index (κ2) is 4.92. The van der Waals surface area contributed by atoms with Crippen molar-refractivity contribution in [1.82, 2.24) is 5.32 Å². The summed E-state index contributed by atoms with van der Waals surface area (Å²) in [6.07, 6.45) is -10.9. The van der Waals surface area contributed by atoms with Crippen LogP contribution in [-0.4, -0.2) is 38.9 Å². The van der Waals surface area contributed by atoms with Crippen molar-refractivity contribution in [1.29, 1.82) is 0 Å². The van der Waals surface area contributed by atoms with Crippen LogP contribution in [0.15, 0.2) is 0 Å². The minimum atomic E-state index is -5.51. The van der Waals surface area contributed by atoms with Crippen molar-refractivity contribution in [3.8, 4) is 0 Å². The molecule has 1 atom stereocenters. The molecule has 1 aliphatic rings. The normalized spacial score (nSPS) is 22.9. The molecule has 1 unspecified atom stereocenters. The van der Waals surface area contributed by atoms with Crippen molar-refractivity contribution < 1.29 is 30.8 Å². The predicted octanol–water partition coefficient (Wildman–Crippen LogP) is 3.45. The standard InChI is InChI=1S/C10H17F6NOSi/c1-19(2,3)18-8(9(11,12)13,10(14,15)16)7-5-4-6-17-7/h7,17H,4-6H2,1-3H3. The maximum Gasteiger partial charge on any atom is 0.426 e. The lowest BCUT2D eigenvalue weighted by molar-refractivity contribution is -0.368. The second-order valence-electron chi connectivity index (χ2n) is 5.59. The molecule has 0 bridgehead atoms. The van der Waals surface area contributed by atoms with Crippen molar-refractivity contribution >= 4 is 8.32 Å². The molecule has 0 radical (unpaired) electrons. The smallest absolute Gasteiger partial charge is 0.396 e. The second-order valence-corrected chi connectivity index (χ2v) is 10.0. The van der Waals surface area contributed by atoms with Gasteiger partial charge in [-0.2, -0.15) is 26.3 Å². The first-order chi connectivity index (χ1) is 8.31. The van der Waals surface area contributed by atoms with Gasteiger partial charge in [-0.1, -0.05) is 0 Å². The van der Waals surface area contributed by atoms with Crippen LogP contribution < -0.4 is 5.32 Å². The summed E-state index contributed by atoms with van der Waals surface area (Å²) in [6.45, 7) is 4.07. The van der Waals surface area contributed by atoms with Crippen LogP contribution >= 0.6 is 0 Å².